The highest BCUT2D eigenvalue weighted by atomic mass is 14.9. The van der Waals surface area contributed by atoms with Crippen LogP contribution in [0.4, 0.5) is 5.69 Å². The summed E-state index contributed by atoms with van der Waals surface area (Å²) < 4.78 is 0. The minimum absolute atomic E-state index is 0.276. The molecular formula is C15H20N2. The third kappa shape index (κ3) is 2.96. The third-order valence-corrected chi connectivity index (χ3v) is 2.65. The highest BCUT2D eigenvalue weighted by Crippen LogP contribution is 2.24. The van der Waals surface area contributed by atoms with Crippen molar-refractivity contribution in [2.45, 2.75) is 27.7 Å². The Balaban J connectivity index is 2.39. The number of hydrogen-bond donors (Lipinski definition) is 1. The molecule has 0 unspecified atom stereocenters. The number of nitrogens with zero attached hydrogens (tertiary/aromatic N) is 1. The van der Waals surface area contributed by atoms with Gasteiger partial charge in [0.15, 0.2) is 0 Å². The van der Waals surface area contributed by atoms with Crippen molar-refractivity contribution in [2.24, 2.45) is 5.41 Å². The number of benzene rings is 1. The van der Waals surface area contributed by atoms with Crippen LogP contribution in [0.3, 0.4) is 0 Å². The molecule has 0 aliphatic heterocycles. The highest BCUT2D eigenvalue weighted by Gasteiger charge is 2.11. The van der Waals surface area contributed by atoms with E-state index in [1.165, 1.54) is 11.1 Å². The maximum Gasteiger partial charge on any atom is 0.0725 e. The Hall–Kier alpha value is -1.57. The third-order valence-electron chi connectivity index (χ3n) is 2.65. The molecule has 0 bridgehead atoms. The smallest absolute Gasteiger partial charge is 0.0725 e. The van der Waals surface area contributed by atoms with Crippen LogP contribution in [0, 0.1) is 12.3 Å². The number of hydrogen-bond acceptors (Lipinski definition) is 2. The number of para-hydroxylation sites is 1. The summed E-state index contributed by atoms with van der Waals surface area (Å²) in [5.74, 6) is 0. The van der Waals surface area contributed by atoms with Gasteiger partial charge in [-0.05, 0) is 24.5 Å². The maximum absolute atomic E-state index is 4.54. The lowest BCUT2D eigenvalue weighted by molar-refractivity contribution is 0.443. The summed E-state index contributed by atoms with van der Waals surface area (Å²) in [6.07, 6.45) is 0. The van der Waals surface area contributed by atoms with E-state index >= 15 is 0 Å². The van der Waals surface area contributed by atoms with E-state index < -0.39 is 0 Å². The van der Waals surface area contributed by atoms with Crippen molar-refractivity contribution < 1.29 is 0 Å². The fourth-order valence-corrected chi connectivity index (χ4v) is 1.81. The molecule has 2 nitrogen and oxygen atoms in total. The molecule has 1 aromatic heterocycles. The molecule has 90 valence electrons. The van der Waals surface area contributed by atoms with Crippen molar-refractivity contribution in [3.05, 3.63) is 36.0 Å². The first-order chi connectivity index (χ1) is 7.96. The second kappa shape index (κ2) is 4.36. The lowest BCUT2D eigenvalue weighted by atomic mass is 9.97. The van der Waals surface area contributed by atoms with Gasteiger partial charge in [0.25, 0.3) is 0 Å². The number of pyridine rings is 1. The van der Waals surface area contributed by atoms with E-state index in [2.05, 4.69) is 55.3 Å². The molecule has 1 heterocycles. The van der Waals surface area contributed by atoms with Gasteiger partial charge in [-0.3, -0.25) is 4.98 Å². The molecule has 0 aliphatic rings. The van der Waals surface area contributed by atoms with E-state index in [9.17, 15) is 0 Å². The minimum atomic E-state index is 0.276. The predicted octanol–water partition coefficient (Wildman–Crippen LogP) is 4.00. The minimum Gasteiger partial charge on any atom is -0.384 e. The molecule has 0 fully saturated rings. The summed E-state index contributed by atoms with van der Waals surface area (Å²) in [7, 11) is 0. The van der Waals surface area contributed by atoms with Crippen molar-refractivity contribution in [1.82, 2.24) is 4.98 Å². The Morgan fingerprint density at radius 1 is 1.18 bits per heavy atom. The van der Waals surface area contributed by atoms with E-state index in [4.69, 9.17) is 0 Å². The summed E-state index contributed by atoms with van der Waals surface area (Å²) in [4.78, 5) is 4.54. The fourth-order valence-electron chi connectivity index (χ4n) is 1.81. The first-order valence-electron chi connectivity index (χ1n) is 6.06. The molecule has 1 aromatic carbocycles. The van der Waals surface area contributed by atoms with Gasteiger partial charge in [-0.15, -0.1) is 0 Å². The molecule has 0 radical (unpaired) electrons. The molecule has 0 saturated carbocycles. The topological polar surface area (TPSA) is 24.9 Å². The van der Waals surface area contributed by atoms with Crippen LogP contribution in [0.15, 0.2) is 30.3 Å². The zero-order valence-corrected chi connectivity index (χ0v) is 11.0. The Morgan fingerprint density at radius 2 is 1.88 bits per heavy atom. The van der Waals surface area contributed by atoms with Crippen molar-refractivity contribution in [3.63, 3.8) is 0 Å². The van der Waals surface area contributed by atoms with Crippen LogP contribution in [0.1, 0.15) is 26.5 Å². The van der Waals surface area contributed by atoms with Crippen LogP contribution in [-0.4, -0.2) is 11.5 Å². The van der Waals surface area contributed by atoms with Gasteiger partial charge in [0.05, 0.1) is 5.52 Å². The zero-order valence-electron chi connectivity index (χ0n) is 11.0. The molecule has 2 rings (SSSR count). The second-order valence-corrected chi connectivity index (χ2v) is 5.74. The van der Waals surface area contributed by atoms with Gasteiger partial charge >= 0.3 is 0 Å². The van der Waals surface area contributed by atoms with Crippen molar-refractivity contribution >= 4 is 16.6 Å². The van der Waals surface area contributed by atoms with Gasteiger partial charge in [-0.1, -0.05) is 39.0 Å². The Bertz CT molecular complexity index is 524. The molecule has 2 aromatic rings. The SMILES string of the molecule is Cc1cc(NCC(C)(C)C)c2ccccc2n1. The van der Waals surface area contributed by atoms with Crippen LogP contribution >= 0.6 is 0 Å². The van der Waals surface area contributed by atoms with Crippen LogP contribution < -0.4 is 5.32 Å². The van der Waals surface area contributed by atoms with Crippen LogP contribution in [0.2, 0.25) is 0 Å². The summed E-state index contributed by atoms with van der Waals surface area (Å²) in [5.41, 5.74) is 3.57. The quantitative estimate of drug-likeness (QED) is 0.840. The zero-order chi connectivity index (χ0) is 12.5. The number of nitrogens with one attached hydrogen (secondary N) is 1. The van der Waals surface area contributed by atoms with Crippen molar-refractivity contribution in [1.29, 1.82) is 0 Å². The predicted molar refractivity (Wildman–Crippen MR) is 74.4 cm³/mol. The molecule has 0 aliphatic carbocycles. The lowest BCUT2D eigenvalue weighted by Gasteiger charge is -2.20. The lowest BCUT2D eigenvalue weighted by Crippen LogP contribution is -2.19. The standard InChI is InChI=1S/C15H20N2/c1-11-9-14(16-10-15(2,3)4)12-7-5-6-8-13(12)17-11/h5-9H,10H2,1-4H3,(H,16,17). The molecule has 2 heteroatoms. The maximum atomic E-state index is 4.54. The summed E-state index contributed by atoms with van der Waals surface area (Å²) in [6, 6.07) is 10.4. The molecule has 17 heavy (non-hydrogen) atoms. The molecule has 0 amide bonds. The first-order valence-corrected chi connectivity index (χ1v) is 6.06. The first kappa shape index (κ1) is 11.9. The van der Waals surface area contributed by atoms with Crippen molar-refractivity contribution in [2.75, 3.05) is 11.9 Å². The van der Waals surface area contributed by atoms with E-state index in [1.807, 2.05) is 13.0 Å². The normalized spacial score (nSPS) is 11.8. The Kier molecular flexibility index (Phi) is 3.05. The average Bonchev–Trinajstić information content (AvgIpc) is 2.24. The van der Waals surface area contributed by atoms with Crippen LogP contribution in [-0.2, 0) is 0 Å². The fraction of sp³-hybridized carbons (Fsp3) is 0.400. The van der Waals surface area contributed by atoms with E-state index in [0.29, 0.717) is 0 Å². The molecule has 1 N–H and O–H groups in total. The van der Waals surface area contributed by atoms with Gasteiger partial charge in [0.1, 0.15) is 0 Å². The van der Waals surface area contributed by atoms with Gasteiger partial charge in [-0.25, -0.2) is 0 Å². The Labute approximate surface area is 103 Å². The van der Waals surface area contributed by atoms with E-state index in [0.717, 1.165) is 17.8 Å². The van der Waals surface area contributed by atoms with Gasteiger partial charge in [-0.2, -0.15) is 0 Å². The van der Waals surface area contributed by atoms with E-state index in [-0.39, 0.29) is 5.41 Å². The number of anilines is 1. The summed E-state index contributed by atoms with van der Waals surface area (Å²) in [5, 5.41) is 4.73. The molecular weight excluding hydrogens is 208 g/mol. The number of aryl methyl sites for hydroxylation is 1. The molecule has 0 atom stereocenters. The van der Waals surface area contributed by atoms with Crippen LogP contribution in [0.25, 0.3) is 10.9 Å². The summed E-state index contributed by atoms with van der Waals surface area (Å²) in [6.45, 7) is 9.69. The van der Waals surface area contributed by atoms with Crippen molar-refractivity contribution in [3.8, 4) is 0 Å². The number of fused-ring (bicyclic) bond motifs is 1. The second-order valence-electron chi connectivity index (χ2n) is 5.74. The van der Waals surface area contributed by atoms with Crippen LogP contribution in [0.5, 0.6) is 0 Å². The number of aromatic nitrogens is 1. The van der Waals surface area contributed by atoms with Gasteiger partial charge in [0.2, 0.25) is 0 Å². The van der Waals surface area contributed by atoms with E-state index in [1.54, 1.807) is 0 Å². The Morgan fingerprint density at radius 3 is 2.59 bits per heavy atom. The highest BCUT2D eigenvalue weighted by molar-refractivity contribution is 5.91. The average molecular weight is 228 g/mol. The monoisotopic (exact) mass is 228 g/mol. The van der Waals surface area contributed by atoms with Gasteiger partial charge in [0, 0.05) is 23.3 Å². The summed E-state index contributed by atoms with van der Waals surface area (Å²) >= 11 is 0. The largest absolute Gasteiger partial charge is 0.384 e. The number of rotatable bonds is 2. The van der Waals surface area contributed by atoms with Gasteiger partial charge < -0.3 is 5.32 Å². The molecule has 0 spiro atoms. The molecule has 0 saturated heterocycles.